The summed E-state index contributed by atoms with van der Waals surface area (Å²) in [5, 5.41) is 12.8. The molecule has 2 nitrogen and oxygen atoms in total. The molecule has 0 N–H and O–H groups in total. The second-order valence-corrected chi connectivity index (χ2v) is 25.1. The Labute approximate surface area is 435 Å². The van der Waals surface area contributed by atoms with Crippen LogP contribution in [-0.4, -0.2) is 0 Å². The highest BCUT2D eigenvalue weighted by atomic mass is 32.1. The molecule has 0 saturated carbocycles. The van der Waals surface area contributed by atoms with Crippen molar-refractivity contribution in [2.75, 3.05) is 4.90 Å². The molecular weight excluding hydrogens is 901 g/mol. The summed E-state index contributed by atoms with van der Waals surface area (Å²) in [7, 11) is 0. The molecule has 0 unspecified atom stereocenters. The Balaban J connectivity index is 1.13. The fraction of sp³-hybridized carbons (Fsp3) is 0.214. The third-order valence-corrected chi connectivity index (χ3v) is 18.3. The Kier molecular flexibility index (Phi) is 9.63. The van der Waals surface area contributed by atoms with Gasteiger partial charge in [0.15, 0.2) is 0 Å². The second kappa shape index (κ2) is 15.5. The number of fused-ring (bicyclic) bond motifs is 13. The van der Waals surface area contributed by atoms with E-state index >= 15 is 0 Å². The monoisotopic (exact) mass is 960 g/mol. The van der Waals surface area contributed by atoms with Crippen molar-refractivity contribution in [3.8, 4) is 39.4 Å². The van der Waals surface area contributed by atoms with Gasteiger partial charge in [0.25, 0.3) is 0 Å². The van der Waals surface area contributed by atoms with Crippen LogP contribution in [0.5, 0.6) is 0 Å². The molecule has 0 atom stereocenters. The van der Waals surface area contributed by atoms with Crippen molar-refractivity contribution in [2.45, 2.75) is 96.3 Å². The molecule has 9 aromatic carbocycles. The minimum Gasteiger partial charge on any atom is -0.310 e. The molecule has 0 aliphatic heterocycles. The van der Waals surface area contributed by atoms with Gasteiger partial charge in [-0.25, -0.2) is 0 Å². The summed E-state index contributed by atoms with van der Waals surface area (Å²) in [4.78, 5) is 2.58. The van der Waals surface area contributed by atoms with Crippen molar-refractivity contribution >= 4 is 48.6 Å². The molecule has 0 fully saturated rings. The van der Waals surface area contributed by atoms with E-state index in [9.17, 15) is 5.26 Å². The lowest BCUT2D eigenvalue weighted by Crippen LogP contribution is -2.29. The van der Waals surface area contributed by atoms with Gasteiger partial charge in [0.05, 0.1) is 22.7 Å². The third-order valence-electron chi connectivity index (χ3n) is 17.1. The van der Waals surface area contributed by atoms with E-state index in [0.29, 0.717) is 5.56 Å². The number of rotatable bonds is 5. The summed E-state index contributed by atoms with van der Waals surface area (Å²) >= 11 is 1.96. The van der Waals surface area contributed by atoms with E-state index < -0.39 is 5.41 Å². The number of benzene rings is 9. The summed E-state index contributed by atoms with van der Waals surface area (Å²) in [5.41, 5.74) is 23.6. The van der Waals surface area contributed by atoms with E-state index in [4.69, 9.17) is 0 Å². The van der Waals surface area contributed by atoms with Crippen molar-refractivity contribution in [3.63, 3.8) is 0 Å². The number of nitrogens with zero attached hydrogens (tertiary/aromatic N) is 2. The molecule has 0 radical (unpaired) electrons. The minimum absolute atomic E-state index is 0.0268. The van der Waals surface area contributed by atoms with Gasteiger partial charge < -0.3 is 4.90 Å². The SMILES string of the molecule is CC(C)(C)c1cc(C(C)(C)C)c2sc3ccc4c(c3c2c1)-c1c(N(c2cccc(C3(c5ccc(C#N)cc5)c5ccccc5-c5ccccc53)c2)c2ccc3c(c2)C(C)(C)c2ccccc2-3)cccc1C4(C)C. The van der Waals surface area contributed by atoms with Gasteiger partial charge in [0.1, 0.15) is 0 Å². The van der Waals surface area contributed by atoms with Crippen LogP contribution in [0, 0.1) is 11.3 Å². The molecule has 0 saturated heterocycles. The molecule has 356 valence electrons. The average molecular weight is 961 g/mol. The number of hydrogen-bond donors (Lipinski definition) is 0. The van der Waals surface area contributed by atoms with Gasteiger partial charge in [-0.05, 0) is 149 Å². The van der Waals surface area contributed by atoms with Gasteiger partial charge in [0.2, 0.25) is 0 Å². The average Bonchev–Trinajstić information content (AvgIpc) is 4.07. The van der Waals surface area contributed by atoms with E-state index in [1.807, 2.05) is 23.5 Å². The Hall–Kier alpha value is -7.51. The summed E-state index contributed by atoms with van der Waals surface area (Å²) in [5.74, 6) is 0. The maximum Gasteiger partial charge on any atom is 0.0991 e. The van der Waals surface area contributed by atoms with Gasteiger partial charge in [-0.1, -0.05) is 197 Å². The Morgan fingerprint density at radius 3 is 1.70 bits per heavy atom. The fourth-order valence-corrected chi connectivity index (χ4v) is 14.8. The van der Waals surface area contributed by atoms with Gasteiger partial charge in [-0.3, -0.25) is 0 Å². The number of thiophene rings is 1. The standard InChI is InChI=1S/C70H60N2S/c1-66(2,3)45-38-52-62-61(73-65(52)59(39-45)67(4,5)6)36-35-57-64(62)63-56(69(57,9)10)27-18-28-60(63)72(47-33-34-51-48-21-11-14-24-53(48)68(7,8)58(51)40-47)46-20-17-19-44(37-46)70(43-31-29-42(41-71)30-32-43)54-25-15-12-22-49(54)50-23-13-16-26-55(50)70/h11-40H,1-10H3. The van der Waals surface area contributed by atoms with E-state index in [-0.39, 0.29) is 21.7 Å². The van der Waals surface area contributed by atoms with Crippen LogP contribution in [-0.2, 0) is 27.1 Å². The van der Waals surface area contributed by atoms with Gasteiger partial charge in [0, 0.05) is 47.9 Å². The van der Waals surface area contributed by atoms with Gasteiger partial charge in [-0.15, -0.1) is 11.3 Å². The highest BCUT2D eigenvalue weighted by Crippen LogP contribution is 2.61. The third kappa shape index (κ3) is 6.33. The van der Waals surface area contributed by atoms with Crippen molar-refractivity contribution in [2.24, 2.45) is 0 Å². The van der Waals surface area contributed by atoms with E-state index in [1.165, 1.54) is 109 Å². The predicted octanol–water partition coefficient (Wildman–Crippen LogP) is 19.0. The number of hydrogen-bond acceptors (Lipinski definition) is 3. The van der Waals surface area contributed by atoms with Crippen LogP contribution in [0.3, 0.4) is 0 Å². The molecule has 3 heteroatoms. The molecule has 0 amide bonds. The zero-order valence-electron chi connectivity index (χ0n) is 43.6. The Bertz CT molecular complexity index is 3960. The lowest BCUT2D eigenvalue weighted by atomic mass is 9.67. The van der Waals surface area contributed by atoms with Crippen molar-refractivity contribution in [1.29, 1.82) is 5.26 Å². The smallest absolute Gasteiger partial charge is 0.0991 e. The van der Waals surface area contributed by atoms with Crippen molar-refractivity contribution in [3.05, 3.63) is 243 Å². The molecule has 3 aliphatic rings. The summed E-state index contributed by atoms with van der Waals surface area (Å²) in [6.45, 7) is 23.8. The lowest BCUT2D eigenvalue weighted by molar-refractivity contribution is 0.573. The summed E-state index contributed by atoms with van der Waals surface area (Å²) in [6, 6.07) is 71.1. The molecule has 1 heterocycles. The maximum absolute atomic E-state index is 10.0. The lowest BCUT2D eigenvalue weighted by Gasteiger charge is -2.35. The van der Waals surface area contributed by atoms with Crippen LogP contribution in [0.25, 0.3) is 53.6 Å². The van der Waals surface area contributed by atoms with E-state index in [0.717, 1.165) is 16.9 Å². The van der Waals surface area contributed by atoms with Crippen LogP contribution < -0.4 is 4.90 Å². The normalized spacial score (nSPS) is 15.3. The van der Waals surface area contributed by atoms with Crippen molar-refractivity contribution < 1.29 is 0 Å². The quantitative estimate of drug-likeness (QED) is 0.172. The van der Waals surface area contributed by atoms with Crippen molar-refractivity contribution in [1.82, 2.24) is 0 Å². The summed E-state index contributed by atoms with van der Waals surface area (Å²) in [6.07, 6.45) is 0. The van der Waals surface area contributed by atoms with Gasteiger partial charge >= 0.3 is 0 Å². The predicted molar refractivity (Wildman–Crippen MR) is 309 cm³/mol. The first kappa shape index (κ1) is 45.4. The molecule has 3 aliphatic carbocycles. The number of nitriles is 1. The topological polar surface area (TPSA) is 27.0 Å². The Morgan fingerprint density at radius 1 is 0.466 bits per heavy atom. The zero-order chi connectivity index (χ0) is 50.6. The largest absolute Gasteiger partial charge is 0.310 e. The molecule has 1 aromatic heterocycles. The highest BCUT2D eigenvalue weighted by Gasteiger charge is 2.47. The molecule has 0 spiro atoms. The Morgan fingerprint density at radius 2 is 1.04 bits per heavy atom. The molecule has 13 rings (SSSR count). The first-order valence-corrected chi connectivity index (χ1v) is 26.8. The number of anilines is 3. The minimum atomic E-state index is -0.658. The van der Waals surface area contributed by atoms with Gasteiger partial charge in [-0.2, -0.15) is 5.26 Å². The van der Waals surface area contributed by atoms with E-state index in [1.54, 1.807) is 0 Å². The fourth-order valence-electron chi connectivity index (χ4n) is 13.4. The molecule has 0 bridgehead atoms. The van der Waals surface area contributed by atoms with E-state index in [2.05, 4.69) is 250 Å². The van der Waals surface area contributed by atoms with Crippen LogP contribution in [0.1, 0.15) is 130 Å². The zero-order valence-corrected chi connectivity index (χ0v) is 44.4. The first-order chi connectivity index (χ1) is 34.9. The van der Waals surface area contributed by atoms with Crippen LogP contribution in [0.2, 0.25) is 0 Å². The maximum atomic E-state index is 10.0. The highest BCUT2D eigenvalue weighted by molar-refractivity contribution is 7.26. The molecular formula is C70H60N2S. The van der Waals surface area contributed by atoms with Crippen LogP contribution in [0.15, 0.2) is 182 Å². The second-order valence-electron chi connectivity index (χ2n) is 24.0. The summed E-state index contributed by atoms with van der Waals surface area (Å²) < 4.78 is 2.72. The van der Waals surface area contributed by atoms with Crippen LogP contribution >= 0.6 is 11.3 Å². The first-order valence-electron chi connectivity index (χ1n) is 26.0. The van der Waals surface area contributed by atoms with Crippen LogP contribution in [0.4, 0.5) is 17.1 Å². The molecule has 10 aromatic rings. The molecule has 73 heavy (non-hydrogen) atoms.